The molecule has 10 nitrogen and oxygen atoms in total. The first kappa shape index (κ1) is 23.7. The maximum absolute atomic E-state index is 12.2. The van der Waals surface area contributed by atoms with Gasteiger partial charge in [-0.1, -0.05) is 48.5 Å². The minimum Gasteiger partial charge on any atom is -0.480 e. The van der Waals surface area contributed by atoms with E-state index in [2.05, 4.69) is 16.0 Å². The Morgan fingerprint density at radius 3 is 2.09 bits per heavy atom. The summed E-state index contributed by atoms with van der Waals surface area (Å²) >= 11 is 0. The molecule has 4 N–H and O–H groups in total. The number of benzene rings is 2. The Hall–Kier alpha value is -3.92. The van der Waals surface area contributed by atoms with E-state index in [0.29, 0.717) is 0 Å². The Morgan fingerprint density at radius 2 is 1.52 bits per heavy atom. The maximum Gasteiger partial charge on any atom is 0.407 e. The molecule has 1 aliphatic rings. The summed E-state index contributed by atoms with van der Waals surface area (Å²) in [6.07, 6.45) is -1.76. The summed E-state index contributed by atoms with van der Waals surface area (Å²) in [6, 6.07) is 15.9. The van der Waals surface area contributed by atoms with Crippen LogP contribution >= 0.6 is 0 Å². The number of ether oxygens (including phenoxy) is 2. The highest BCUT2D eigenvalue weighted by molar-refractivity contribution is 5.88. The van der Waals surface area contributed by atoms with Gasteiger partial charge in [0.15, 0.2) is 6.10 Å². The van der Waals surface area contributed by atoms with Gasteiger partial charge in [0.1, 0.15) is 13.2 Å². The molecule has 0 aliphatic heterocycles. The number of hydrogen-bond acceptors (Lipinski definition) is 6. The lowest BCUT2D eigenvalue weighted by atomic mass is 9.98. The van der Waals surface area contributed by atoms with Gasteiger partial charge in [-0.3, -0.25) is 14.4 Å². The van der Waals surface area contributed by atoms with Crippen LogP contribution in [0.1, 0.15) is 17.0 Å². The second-order valence-corrected chi connectivity index (χ2v) is 7.32. The highest BCUT2D eigenvalue weighted by atomic mass is 16.5. The van der Waals surface area contributed by atoms with Gasteiger partial charge in [0, 0.05) is 13.0 Å². The van der Waals surface area contributed by atoms with E-state index in [4.69, 9.17) is 14.6 Å². The summed E-state index contributed by atoms with van der Waals surface area (Å²) in [7, 11) is 1.29. The lowest BCUT2D eigenvalue weighted by molar-refractivity contribution is -0.138. The molecule has 2 aromatic rings. The van der Waals surface area contributed by atoms with Crippen LogP contribution in [0.4, 0.5) is 4.79 Å². The number of fused-ring (bicyclic) bond motifs is 3. The molecule has 0 saturated heterocycles. The third kappa shape index (κ3) is 6.07. The summed E-state index contributed by atoms with van der Waals surface area (Å²) in [6.45, 7) is -1.01. The van der Waals surface area contributed by atoms with Gasteiger partial charge in [0.25, 0.3) is 5.91 Å². The van der Waals surface area contributed by atoms with Crippen LogP contribution in [0, 0.1) is 0 Å². The summed E-state index contributed by atoms with van der Waals surface area (Å²) in [5, 5.41) is 15.4. The van der Waals surface area contributed by atoms with Crippen LogP contribution in [-0.2, 0) is 23.9 Å². The van der Waals surface area contributed by atoms with E-state index < -0.39 is 43.1 Å². The number of rotatable bonds is 10. The van der Waals surface area contributed by atoms with Crippen molar-refractivity contribution >= 4 is 23.9 Å². The number of carbonyl (C=O) groups is 4. The van der Waals surface area contributed by atoms with Crippen molar-refractivity contribution in [3.8, 4) is 11.1 Å². The fourth-order valence-corrected chi connectivity index (χ4v) is 3.63. The number of alkyl carbamates (subject to hydrolysis) is 1. The Labute approximate surface area is 190 Å². The largest absolute Gasteiger partial charge is 0.480 e. The van der Waals surface area contributed by atoms with Crippen molar-refractivity contribution in [3.63, 3.8) is 0 Å². The standard InChI is InChI=1S/C23H25N3O7/c1-32-19(22(30)25-11-20(27)24-12-21(28)29)10-26-23(31)33-13-18-16-8-4-2-6-14(16)15-7-3-5-9-17(15)18/h2-9,18-19H,10-13H2,1H3,(H,24,27)(H,25,30)(H,26,31)(H,28,29). The molecule has 1 aliphatic carbocycles. The molecule has 0 spiro atoms. The molecule has 1 unspecified atom stereocenters. The zero-order valence-electron chi connectivity index (χ0n) is 18.0. The van der Waals surface area contributed by atoms with Gasteiger partial charge in [0.2, 0.25) is 5.91 Å². The third-order valence-corrected chi connectivity index (χ3v) is 5.21. The van der Waals surface area contributed by atoms with Crippen LogP contribution in [0.15, 0.2) is 48.5 Å². The van der Waals surface area contributed by atoms with E-state index in [1.54, 1.807) is 0 Å². The monoisotopic (exact) mass is 455 g/mol. The summed E-state index contributed by atoms with van der Waals surface area (Å²) < 4.78 is 10.5. The molecule has 3 rings (SSSR count). The zero-order valence-corrected chi connectivity index (χ0v) is 18.0. The van der Waals surface area contributed by atoms with E-state index in [0.717, 1.165) is 22.3 Å². The average molecular weight is 455 g/mol. The van der Waals surface area contributed by atoms with E-state index in [-0.39, 0.29) is 19.1 Å². The van der Waals surface area contributed by atoms with E-state index in [9.17, 15) is 19.2 Å². The van der Waals surface area contributed by atoms with Crippen LogP contribution in [0.5, 0.6) is 0 Å². The first-order valence-electron chi connectivity index (χ1n) is 10.3. The van der Waals surface area contributed by atoms with Gasteiger partial charge in [-0.05, 0) is 22.3 Å². The highest BCUT2D eigenvalue weighted by Gasteiger charge is 2.29. The van der Waals surface area contributed by atoms with Crippen molar-refractivity contribution in [3.05, 3.63) is 59.7 Å². The topological polar surface area (TPSA) is 143 Å². The summed E-state index contributed by atoms with van der Waals surface area (Å²) in [5.74, 6) is -2.59. The van der Waals surface area contributed by atoms with Gasteiger partial charge >= 0.3 is 12.1 Å². The second kappa shape index (κ2) is 11.1. The number of carbonyl (C=O) groups excluding carboxylic acids is 3. The molecule has 1 atom stereocenters. The molecule has 0 bridgehead atoms. The summed E-state index contributed by atoms with van der Waals surface area (Å²) in [5.41, 5.74) is 4.40. The van der Waals surface area contributed by atoms with Crippen LogP contribution in [0.3, 0.4) is 0 Å². The van der Waals surface area contributed by atoms with Crippen molar-refractivity contribution < 1.29 is 33.8 Å². The molecule has 0 heterocycles. The predicted molar refractivity (Wildman–Crippen MR) is 118 cm³/mol. The molecule has 0 fully saturated rings. The fraction of sp³-hybridized carbons (Fsp3) is 0.304. The zero-order chi connectivity index (χ0) is 23.8. The lowest BCUT2D eigenvalue weighted by Crippen LogP contribution is -2.47. The maximum atomic E-state index is 12.2. The minimum atomic E-state index is -1.20. The molecule has 33 heavy (non-hydrogen) atoms. The molecule has 0 aromatic heterocycles. The van der Waals surface area contributed by atoms with Gasteiger partial charge < -0.3 is 30.5 Å². The first-order chi connectivity index (χ1) is 15.9. The Balaban J connectivity index is 1.47. The third-order valence-electron chi connectivity index (χ3n) is 5.21. The average Bonchev–Trinajstić information content (AvgIpc) is 3.14. The van der Waals surface area contributed by atoms with E-state index in [1.165, 1.54) is 7.11 Å². The summed E-state index contributed by atoms with van der Waals surface area (Å²) in [4.78, 5) is 46.3. The molecule has 0 radical (unpaired) electrons. The number of aliphatic carboxylic acids is 1. The molecular weight excluding hydrogens is 430 g/mol. The SMILES string of the molecule is COC(CNC(=O)OCC1c2ccccc2-c2ccccc21)C(=O)NCC(=O)NCC(=O)O. The van der Waals surface area contributed by atoms with E-state index >= 15 is 0 Å². The van der Waals surface area contributed by atoms with Gasteiger partial charge in [-0.15, -0.1) is 0 Å². The number of nitrogens with one attached hydrogen (secondary N) is 3. The number of carboxylic acids is 1. The minimum absolute atomic E-state index is 0.0889. The molecule has 10 heteroatoms. The number of carboxylic acid groups (broad SMARTS) is 1. The van der Waals surface area contributed by atoms with Crippen LogP contribution in [0.2, 0.25) is 0 Å². The van der Waals surface area contributed by atoms with Crippen molar-refractivity contribution in [2.75, 3.05) is 33.4 Å². The first-order valence-corrected chi connectivity index (χ1v) is 10.3. The molecule has 174 valence electrons. The second-order valence-electron chi connectivity index (χ2n) is 7.32. The molecule has 3 amide bonds. The van der Waals surface area contributed by atoms with Gasteiger partial charge in [-0.2, -0.15) is 0 Å². The Morgan fingerprint density at radius 1 is 0.909 bits per heavy atom. The van der Waals surface area contributed by atoms with Gasteiger partial charge in [-0.25, -0.2) is 4.79 Å². The predicted octanol–water partition coefficient (Wildman–Crippen LogP) is 0.857. The Bertz CT molecular complexity index is 995. The highest BCUT2D eigenvalue weighted by Crippen LogP contribution is 2.44. The van der Waals surface area contributed by atoms with Crippen LogP contribution < -0.4 is 16.0 Å². The quantitative estimate of drug-likeness (QED) is 0.416. The van der Waals surface area contributed by atoms with Gasteiger partial charge in [0.05, 0.1) is 13.1 Å². The van der Waals surface area contributed by atoms with E-state index in [1.807, 2.05) is 48.5 Å². The van der Waals surface area contributed by atoms with Crippen molar-refractivity contribution in [1.82, 2.24) is 16.0 Å². The normalized spacial score (nSPS) is 12.8. The molecule has 2 aromatic carbocycles. The number of amides is 3. The number of methoxy groups -OCH3 is 1. The number of hydrogen-bond donors (Lipinski definition) is 4. The van der Waals surface area contributed by atoms with Crippen LogP contribution in [-0.4, -0.2) is 68.4 Å². The fourth-order valence-electron chi connectivity index (χ4n) is 3.63. The molecular formula is C23H25N3O7. The van der Waals surface area contributed by atoms with Crippen molar-refractivity contribution in [2.24, 2.45) is 0 Å². The van der Waals surface area contributed by atoms with Crippen molar-refractivity contribution in [2.45, 2.75) is 12.0 Å². The smallest absolute Gasteiger partial charge is 0.407 e. The Kier molecular flexibility index (Phi) is 7.98. The van der Waals surface area contributed by atoms with Crippen molar-refractivity contribution in [1.29, 1.82) is 0 Å². The lowest BCUT2D eigenvalue weighted by Gasteiger charge is -2.17. The van der Waals surface area contributed by atoms with Crippen LogP contribution in [0.25, 0.3) is 11.1 Å². The molecule has 0 saturated carbocycles.